The fourth-order valence-corrected chi connectivity index (χ4v) is 3.80. The van der Waals surface area contributed by atoms with Crippen LogP contribution in [0.3, 0.4) is 0 Å². The molecule has 0 heterocycles. The molecule has 0 radical (unpaired) electrons. The Kier molecular flexibility index (Phi) is 7.39. The van der Waals surface area contributed by atoms with Crippen LogP contribution < -0.4 is 5.90 Å². The van der Waals surface area contributed by atoms with Gasteiger partial charge in [-0.05, 0) is 19.3 Å². The Morgan fingerprint density at radius 3 is 2.12 bits per heavy atom. The molecule has 1 atom stereocenters. The minimum absolute atomic E-state index is 0.0956. The maximum Gasteiger partial charge on any atom is 0.352 e. The molecule has 4 N–H and O–H groups in total. The van der Waals surface area contributed by atoms with Crippen molar-refractivity contribution in [1.82, 2.24) is 0 Å². The number of hydrogen-bond donors (Lipinski definition) is 3. The summed E-state index contributed by atoms with van der Waals surface area (Å²) in [6.07, 6.45) is 1.33. The lowest BCUT2D eigenvalue weighted by Gasteiger charge is -2.36. The zero-order valence-corrected chi connectivity index (χ0v) is 10.8. The second-order valence-electron chi connectivity index (χ2n) is 3.56. The van der Waals surface area contributed by atoms with Crippen molar-refractivity contribution in [2.75, 3.05) is 19.8 Å². The third kappa shape index (κ3) is 3.26. The van der Waals surface area contributed by atoms with E-state index < -0.39 is 12.8 Å². The molecule has 0 spiro atoms. The van der Waals surface area contributed by atoms with Crippen LogP contribution in [0.5, 0.6) is 0 Å². The first-order valence-corrected chi connectivity index (χ1v) is 6.95. The first-order chi connectivity index (χ1) is 7.55. The van der Waals surface area contributed by atoms with E-state index in [1.165, 1.54) is 0 Å². The molecular formula is C9H22NO5P. The molecular weight excluding hydrogens is 233 g/mol. The van der Waals surface area contributed by atoms with Crippen LogP contribution in [0.4, 0.5) is 0 Å². The van der Waals surface area contributed by atoms with Crippen LogP contribution in [-0.2, 0) is 13.7 Å². The summed E-state index contributed by atoms with van der Waals surface area (Å²) in [4.78, 5) is 0. The Bertz CT molecular complexity index is 232. The Balaban J connectivity index is 5.02. The Labute approximate surface area is 96.2 Å². The lowest BCUT2D eigenvalue weighted by molar-refractivity contribution is 0.138. The van der Waals surface area contributed by atoms with E-state index in [4.69, 9.17) is 20.6 Å². The van der Waals surface area contributed by atoms with Gasteiger partial charge in [0, 0.05) is 6.61 Å². The van der Waals surface area contributed by atoms with E-state index in [-0.39, 0.29) is 19.8 Å². The smallest absolute Gasteiger partial charge is 0.352 e. The molecule has 0 amide bonds. The first kappa shape index (κ1) is 16.0. The molecule has 0 aliphatic heterocycles. The van der Waals surface area contributed by atoms with Gasteiger partial charge in [0.15, 0.2) is 0 Å². The summed E-state index contributed by atoms with van der Waals surface area (Å²) in [6, 6.07) is 0. The highest BCUT2D eigenvalue weighted by Crippen LogP contribution is 2.63. The van der Waals surface area contributed by atoms with Gasteiger partial charge in [-0.25, -0.2) is 10.5 Å². The van der Waals surface area contributed by atoms with Gasteiger partial charge >= 0.3 is 7.60 Å². The topological polar surface area (TPSA) is 102 Å². The first-order valence-electron chi connectivity index (χ1n) is 5.40. The van der Waals surface area contributed by atoms with Gasteiger partial charge < -0.3 is 14.7 Å². The molecule has 0 saturated carbocycles. The standard InChI is InChI=1S/C9H22NO5P/c1-3-9(4-2,5-6-11)16(13,15-10)14-8-7-12/h11-12H,3-8,10H2,1-2H3. The molecule has 16 heavy (non-hydrogen) atoms. The maximum atomic E-state index is 12.4. The van der Waals surface area contributed by atoms with Crippen molar-refractivity contribution in [2.45, 2.75) is 38.3 Å². The van der Waals surface area contributed by atoms with Crippen molar-refractivity contribution in [2.24, 2.45) is 5.90 Å². The molecule has 98 valence electrons. The average molecular weight is 255 g/mol. The van der Waals surface area contributed by atoms with E-state index in [0.717, 1.165) is 0 Å². The van der Waals surface area contributed by atoms with Crippen LogP contribution in [0.1, 0.15) is 33.1 Å². The van der Waals surface area contributed by atoms with Crippen LogP contribution in [0.25, 0.3) is 0 Å². The molecule has 0 aromatic rings. The van der Waals surface area contributed by atoms with Crippen LogP contribution in [0.2, 0.25) is 0 Å². The highest BCUT2D eigenvalue weighted by atomic mass is 31.2. The lowest BCUT2D eigenvalue weighted by atomic mass is 9.99. The number of aliphatic hydroxyl groups is 2. The van der Waals surface area contributed by atoms with Crippen LogP contribution in [0, 0.1) is 0 Å². The molecule has 0 saturated heterocycles. The summed E-state index contributed by atoms with van der Waals surface area (Å²) in [6.45, 7) is 3.22. The Hall–Kier alpha value is 0.0300. The van der Waals surface area contributed by atoms with Gasteiger partial charge in [0.25, 0.3) is 0 Å². The summed E-state index contributed by atoms with van der Waals surface area (Å²) in [5.74, 6) is 5.06. The summed E-state index contributed by atoms with van der Waals surface area (Å²) in [5, 5.41) is 16.9. The normalized spacial score (nSPS) is 16.1. The van der Waals surface area contributed by atoms with Gasteiger partial charge in [-0.15, -0.1) is 0 Å². The molecule has 7 heteroatoms. The van der Waals surface area contributed by atoms with Gasteiger partial charge in [-0.2, -0.15) is 0 Å². The fourth-order valence-electron chi connectivity index (χ4n) is 1.78. The number of rotatable bonds is 9. The van der Waals surface area contributed by atoms with Crippen molar-refractivity contribution < 1.29 is 23.9 Å². The molecule has 0 rings (SSSR count). The summed E-state index contributed by atoms with van der Waals surface area (Å²) in [7, 11) is -3.52. The molecule has 0 aliphatic carbocycles. The molecule has 0 bridgehead atoms. The van der Waals surface area contributed by atoms with Gasteiger partial charge in [0.1, 0.15) is 0 Å². The number of hydrogen-bond acceptors (Lipinski definition) is 6. The summed E-state index contributed by atoms with van der Waals surface area (Å²) in [5.41, 5.74) is 0. The molecule has 1 unspecified atom stereocenters. The van der Waals surface area contributed by atoms with Gasteiger partial charge in [-0.1, -0.05) is 13.8 Å². The van der Waals surface area contributed by atoms with Crippen molar-refractivity contribution >= 4 is 7.60 Å². The highest BCUT2D eigenvalue weighted by Gasteiger charge is 2.48. The SMILES string of the molecule is CCC(CC)(CCO)P(=O)(ON)OCCO. The Morgan fingerprint density at radius 2 is 1.81 bits per heavy atom. The second-order valence-corrected chi connectivity index (χ2v) is 5.98. The van der Waals surface area contributed by atoms with Gasteiger partial charge in [0.2, 0.25) is 0 Å². The monoisotopic (exact) mass is 255 g/mol. The van der Waals surface area contributed by atoms with Crippen LogP contribution in [-0.4, -0.2) is 35.2 Å². The quantitative estimate of drug-likeness (QED) is 0.420. The van der Waals surface area contributed by atoms with Crippen molar-refractivity contribution in [1.29, 1.82) is 0 Å². The van der Waals surface area contributed by atoms with Crippen molar-refractivity contribution in [3.8, 4) is 0 Å². The molecule has 0 aromatic heterocycles. The van der Waals surface area contributed by atoms with E-state index in [9.17, 15) is 4.57 Å². The average Bonchev–Trinajstić information content (AvgIpc) is 2.33. The van der Waals surface area contributed by atoms with Gasteiger partial charge in [0.05, 0.1) is 18.4 Å². The van der Waals surface area contributed by atoms with Crippen LogP contribution in [0.15, 0.2) is 0 Å². The van der Waals surface area contributed by atoms with E-state index in [1.807, 2.05) is 13.8 Å². The van der Waals surface area contributed by atoms with Crippen molar-refractivity contribution in [3.05, 3.63) is 0 Å². The summed E-state index contributed by atoms with van der Waals surface area (Å²) >= 11 is 0. The third-order valence-electron chi connectivity index (χ3n) is 2.97. The maximum absolute atomic E-state index is 12.4. The zero-order valence-electron chi connectivity index (χ0n) is 9.89. The largest absolute Gasteiger partial charge is 0.396 e. The molecule has 6 nitrogen and oxygen atoms in total. The minimum Gasteiger partial charge on any atom is -0.396 e. The predicted molar refractivity (Wildman–Crippen MR) is 60.9 cm³/mol. The molecule has 0 aliphatic rings. The number of nitrogens with two attached hydrogens (primary N) is 1. The predicted octanol–water partition coefficient (Wildman–Crippen LogP) is 1.02. The minimum atomic E-state index is -3.52. The number of aliphatic hydroxyl groups excluding tert-OH is 2. The van der Waals surface area contributed by atoms with Crippen LogP contribution >= 0.6 is 7.60 Å². The zero-order chi connectivity index (χ0) is 12.7. The summed E-state index contributed by atoms with van der Waals surface area (Å²) < 4.78 is 22.0. The lowest BCUT2D eigenvalue weighted by Crippen LogP contribution is -2.32. The van der Waals surface area contributed by atoms with E-state index in [0.29, 0.717) is 19.3 Å². The van der Waals surface area contributed by atoms with E-state index in [2.05, 4.69) is 4.62 Å². The molecule has 0 aromatic carbocycles. The highest BCUT2D eigenvalue weighted by molar-refractivity contribution is 7.55. The fraction of sp³-hybridized carbons (Fsp3) is 1.00. The van der Waals surface area contributed by atoms with Gasteiger partial charge in [-0.3, -0.25) is 4.57 Å². The van der Waals surface area contributed by atoms with Crippen molar-refractivity contribution in [3.63, 3.8) is 0 Å². The Morgan fingerprint density at radius 1 is 1.25 bits per heavy atom. The molecule has 0 fully saturated rings. The van der Waals surface area contributed by atoms with E-state index in [1.54, 1.807) is 0 Å². The van der Waals surface area contributed by atoms with E-state index >= 15 is 0 Å². The third-order valence-corrected chi connectivity index (χ3v) is 5.78. The second kappa shape index (κ2) is 7.37.